The zero-order chi connectivity index (χ0) is 35.1. The standard InChI is InChI=1S/C35H44ClN7O5Si/c1-22-39-28-15-25(9-11-30(28)43(22)21-46-23(2)49(6,7)8)47-31-12-10-27-33(32(31)36)40-29(17-37-27)24-16-38-42(18-24)20-26-19-41(13-14-45-26)34(44)48-35(3,4)5/h9-12,15-18,23,26H,13-14,19-21H2,1-8H3. The summed E-state index contributed by atoms with van der Waals surface area (Å²) in [5, 5.41) is 4.87. The summed E-state index contributed by atoms with van der Waals surface area (Å²) in [6.45, 7) is 18.9. The number of rotatable bonds is 9. The molecule has 0 N–H and O–H groups in total. The summed E-state index contributed by atoms with van der Waals surface area (Å²) in [6, 6.07) is 9.43. The predicted octanol–water partition coefficient (Wildman–Crippen LogP) is 7.47. The first-order valence-corrected chi connectivity index (χ1v) is 20.4. The summed E-state index contributed by atoms with van der Waals surface area (Å²) < 4.78 is 27.8. The molecule has 6 rings (SSSR count). The van der Waals surface area contributed by atoms with E-state index in [9.17, 15) is 4.79 Å². The quantitative estimate of drug-likeness (QED) is 0.144. The van der Waals surface area contributed by atoms with Gasteiger partial charge < -0.3 is 28.4 Å². The van der Waals surface area contributed by atoms with Gasteiger partial charge in [0.15, 0.2) is 0 Å². The summed E-state index contributed by atoms with van der Waals surface area (Å²) in [7, 11) is -1.42. The van der Waals surface area contributed by atoms with Crippen LogP contribution in [0.4, 0.5) is 4.79 Å². The van der Waals surface area contributed by atoms with E-state index in [1.807, 2.05) is 58.2 Å². The molecule has 2 unspecified atom stereocenters. The smallest absolute Gasteiger partial charge is 0.410 e. The molecule has 1 amide bonds. The number of hydrogen-bond acceptors (Lipinski definition) is 9. The highest BCUT2D eigenvalue weighted by Gasteiger charge is 2.29. The summed E-state index contributed by atoms with van der Waals surface area (Å²) in [4.78, 5) is 28.5. The number of hydrogen-bond donors (Lipinski definition) is 0. The molecule has 49 heavy (non-hydrogen) atoms. The van der Waals surface area contributed by atoms with Crippen molar-refractivity contribution in [2.75, 3.05) is 19.7 Å². The molecule has 12 nitrogen and oxygen atoms in total. The van der Waals surface area contributed by atoms with E-state index in [0.717, 1.165) is 22.4 Å². The van der Waals surface area contributed by atoms with Gasteiger partial charge in [-0.05, 0) is 58.9 Å². The van der Waals surface area contributed by atoms with Crippen LogP contribution in [0, 0.1) is 6.92 Å². The van der Waals surface area contributed by atoms with Gasteiger partial charge in [-0.25, -0.2) is 14.8 Å². The van der Waals surface area contributed by atoms with Crippen molar-refractivity contribution < 1.29 is 23.7 Å². The Hall–Kier alpha value is -4.04. The van der Waals surface area contributed by atoms with Crippen molar-refractivity contribution in [3.63, 3.8) is 0 Å². The Kier molecular flexibility index (Phi) is 9.73. The second kappa shape index (κ2) is 13.7. The third-order valence-electron chi connectivity index (χ3n) is 8.54. The molecule has 0 saturated carbocycles. The van der Waals surface area contributed by atoms with Gasteiger partial charge in [0.1, 0.15) is 40.2 Å². The van der Waals surface area contributed by atoms with Crippen LogP contribution in [0.5, 0.6) is 11.5 Å². The number of aromatic nitrogens is 6. The highest BCUT2D eigenvalue weighted by atomic mass is 35.5. The second-order valence-corrected chi connectivity index (χ2v) is 20.4. The molecule has 1 fully saturated rings. The van der Waals surface area contributed by atoms with Crippen molar-refractivity contribution in [2.45, 2.75) is 85.0 Å². The van der Waals surface area contributed by atoms with Gasteiger partial charge in [0.25, 0.3) is 0 Å². The highest BCUT2D eigenvalue weighted by Crippen LogP contribution is 2.36. The number of imidazole rings is 1. The zero-order valence-corrected chi connectivity index (χ0v) is 31.1. The maximum atomic E-state index is 12.6. The van der Waals surface area contributed by atoms with Gasteiger partial charge in [0, 0.05) is 30.1 Å². The van der Waals surface area contributed by atoms with E-state index in [0.29, 0.717) is 66.2 Å². The van der Waals surface area contributed by atoms with Crippen molar-refractivity contribution in [3.05, 3.63) is 59.8 Å². The Morgan fingerprint density at radius 2 is 1.92 bits per heavy atom. The van der Waals surface area contributed by atoms with Crippen LogP contribution >= 0.6 is 11.6 Å². The average molecular weight is 706 g/mol. The molecular weight excluding hydrogens is 662 g/mol. The lowest BCUT2D eigenvalue weighted by Gasteiger charge is -2.34. The van der Waals surface area contributed by atoms with Crippen molar-refractivity contribution in [1.29, 1.82) is 0 Å². The molecule has 0 bridgehead atoms. The molecule has 0 aliphatic carbocycles. The van der Waals surface area contributed by atoms with Crippen LogP contribution in [-0.2, 0) is 27.5 Å². The third kappa shape index (κ3) is 8.06. The number of aryl methyl sites for hydroxylation is 1. The van der Waals surface area contributed by atoms with Crippen LogP contribution in [0.15, 0.2) is 48.9 Å². The fourth-order valence-electron chi connectivity index (χ4n) is 5.39. The number of halogens is 1. The Morgan fingerprint density at radius 3 is 2.67 bits per heavy atom. The lowest BCUT2D eigenvalue weighted by atomic mass is 10.2. The van der Waals surface area contributed by atoms with Gasteiger partial charge in [0.2, 0.25) is 0 Å². The Bertz CT molecular complexity index is 1980. The lowest BCUT2D eigenvalue weighted by Crippen LogP contribution is -2.48. The summed E-state index contributed by atoms with van der Waals surface area (Å²) in [6.07, 6.45) is 4.74. The molecule has 2 aromatic carbocycles. The van der Waals surface area contributed by atoms with Gasteiger partial charge in [0.05, 0.1) is 68.5 Å². The van der Waals surface area contributed by atoms with E-state index in [1.54, 1.807) is 28.0 Å². The summed E-state index contributed by atoms with van der Waals surface area (Å²) >= 11 is 6.88. The van der Waals surface area contributed by atoms with E-state index < -0.39 is 13.7 Å². The van der Waals surface area contributed by atoms with Crippen molar-refractivity contribution >= 4 is 47.8 Å². The molecule has 3 aromatic heterocycles. The molecule has 1 aliphatic rings. The number of amides is 1. The SMILES string of the molecule is Cc1nc2cc(Oc3ccc4ncc(-c5cnn(CC6CN(C(=O)OC(C)(C)C)CCO6)c5)nc4c3Cl)ccc2n1COC(C)[Si](C)(C)C. The minimum atomic E-state index is -1.42. The second-order valence-electron chi connectivity index (χ2n) is 14.5. The Labute approximate surface area is 292 Å². The van der Waals surface area contributed by atoms with E-state index in [2.05, 4.69) is 41.2 Å². The number of fused-ring (bicyclic) bond motifs is 2. The van der Waals surface area contributed by atoms with Gasteiger partial charge >= 0.3 is 6.09 Å². The molecule has 4 heterocycles. The van der Waals surface area contributed by atoms with E-state index in [4.69, 9.17) is 40.5 Å². The fraction of sp³-hybridized carbons (Fsp3) is 0.457. The van der Waals surface area contributed by atoms with Crippen LogP contribution in [0.2, 0.25) is 24.7 Å². The molecule has 1 saturated heterocycles. The minimum absolute atomic E-state index is 0.219. The first kappa shape index (κ1) is 34.8. The van der Waals surface area contributed by atoms with Gasteiger partial charge in [-0.15, -0.1) is 0 Å². The van der Waals surface area contributed by atoms with Crippen LogP contribution in [0.25, 0.3) is 33.3 Å². The van der Waals surface area contributed by atoms with Crippen molar-refractivity contribution in [3.8, 4) is 22.8 Å². The van der Waals surface area contributed by atoms with Gasteiger partial charge in [-0.1, -0.05) is 31.2 Å². The van der Waals surface area contributed by atoms with Crippen LogP contribution < -0.4 is 4.74 Å². The number of carbonyl (C=O) groups excluding carboxylic acids is 1. The highest BCUT2D eigenvalue weighted by molar-refractivity contribution is 6.77. The normalized spacial score (nSPS) is 16.3. The molecule has 0 spiro atoms. The largest absolute Gasteiger partial charge is 0.456 e. The van der Waals surface area contributed by atoms with E-state index in [-0.39, 0.29) is 17.9 Å². The third-order valence-corrected chi connectivity index (χ3v) is 11.5. The number of ether oxygens (including phenoxy) is 4. The first-order chi connectivity index (χ1) is 23.1. The number of morpholine rings is 1. The fourth-order valence-corrected chi connectivity index (χ4v) is 6.21. The maximum absolute atomic E-state index is 12.6. The molecule has 1 aliphatic heterocycles. The van der Waals surface area contributed by atoms with E-state index >= 15 is 0 Å². The topological polar surface area (TPSA) is 119 Å². The molecule has 2 atom stereocenters. The van der Waals surface area contributed by atoms with Crippen LogP contribution in [-0.4, -0.2) is 85.5 Å². The van der Waals surface area contributed by atoms with Crippen LogP contribution in [0.3, 0.4) is 0 Å². The van der Waals surface area contributed by atoms with Crippen molar-refractivity contribution in [1.82, 2.24) is 34.2 Å². The summed E-state index contributed by atoms with van der Waals surface area (Å²) in [5.74, 6) is 1.94. The summed E-state index contributed by atoms with van der Waals surface area (Å²) in [5.41, 5.74) is 4.00. The number of nitrogens with zero attached hydrogens (tertiary/aromatic N) is 7. The lowest BCUT2D eigenvalue weighted by molar-refractivity contribution is -0.0483. The molecule has 0 radical (unpaired) electrons. The number of benzene rings is 2. The minimum Gasteiger partial charge on any atom is -0.456 e. The van der Waals surface area contributed by atoms with Gasteiger partial charge in [-0.3, -0.25) is 9.67 Å². The predicted molar refractivity (Wildman–Crippen MR) is 192 cm³/mol. The maximum Gasteiger partial charge on any atom is 0.410 e. The van der Waals surface area contributed by atoms with Gasteiger partial charge in [-0.2, -0.15) is 5.10 Å². The van der Waals surface area contributed by atoms with Crippen LogP contribution in [0.1, 0.15) is 33.5 Å². The molecule has 5 aromatic rings. The first-order valence-electron chi connectivity index (χ1n) is 16.5. The Morgan fingerprint density at radius 1 is 1.12 bits per heavy atom. The number of carbonyl (C=O) groups is 1. The average Bonchev–Trinajstić information content (AvgIpc) is 3.63. The molecule has 14 heteroatoms. The monoisotopic (exact) mass is 705 g/mol. The molecule has 260 valence electrons. The van der Waals surface area contributed by atoms with Crippen molar-refractivity contribution in [2.24, 2.45) is 0 Å². The van der Waals surface area contributed by atoms with E-state index in [1.165, 1.54) is 0 Å². The Balaban J connectivity index is 1.16. The zero-order valence-electron chi connectivity index (χ0n) is 29.4. The molecular formula is C35H44ClN7O5Si.